The Labute approximate surface area is 111 Å². The molecule has 0 aromatic rings. The van der Waals surface area contributed by atoms with Gasteiger partial charge in [0.15, 0.2) is 0 Å². The summed E-state index contributed by atoms with van der Waals surface area (Å²) in [5.41, 5.74) is 0.247. The Morgan fingerprint density at radius 3 is 2.83 bits per heavy atom. The number of hydrogen-bond donors (Lipinski definition) is 1. The Bertz CT molecular complexity index is 271. The van der Waals surface area contributed by atoms with Crippen LogP contribution in [-0.2, 0) is 9.47 Å². The van der Waals surface area contributed by atoms with Crippen molar-refractivity contribution < 1.29 is 9.47 Å². The van der Waals surface area contributed by atoms with Gasteiger partial charge >= 0.3 is 0 Å². The predicted molar refractivity (Wildman–Crippen MR) is 72.8 cm³/mol. The topological polar surface area (TPSA) is 33.7 Å². The predicted octanol–water partition coefficient (Wildman–Crippen LogP) is 1.11. The van der Waals surface area contributed by atoms with E-state index >= 15 is 0 Å². The molecule has 2 fully saturated rings. The van der Waals surface area contributed by atoms with Gasteiger partial charge in [0.25, 0.3) is 0 Å². The number of nitrogens with zero attached hydrogens (tertiary/aromatic N) is 1. The van der Waals surface area contributed by atoms with Crippen molar-refractivity contribution in [2.45, 2.75) is 45.4 Å². The van der Waals surface area contributed by atoms with Crippen molar-refractivity contribution in [1.29, 1.82) is 0 Å². The van der Waals surface area contributed by atoms with E-state index < -0.39 is 0 Å². The maximum absolute atomic E-state index is 5.77. The number of rotatable bonds is 5. The van der Waals surface area contributed by atoms with Gasteiger partial charge in [-0.25, -0.2) is 0 Å². The summed E-state index contributed by atoms with van der Waals surface area (Å²) in [6, 6.07) is 0.560. The van der Waals surface area contributed by atoms with Crippen molar-refractivity contribution >= 4 is 0 Å². The van der Waals surface area contributed by atoms with Crippen molar-refractivity contribution in [3.63, 3.8) is 0 Å². The van der Waals surface area contributed by atoms with Crippen LogP contribution in [0.3, 0.4) is 0 Å². The van der Waals surface area contributed by atoms with E-state index in [0.29, 0.717) is 18.2 Å². The van der Waals surface area contributed by atoms with Crippen LogP contribution in [0.4, 0.5) is 0 Å². The lowest BCUT2D eigenvalue weighted by Gasteiger charge is -2.52. The van der Waals surface area contributed by atoms with Crippen LogP contribution in [0.15, 0.2) is 0 Å². The Balaban J connectivity index is 1.71. The number of hydrogen-bond acceptors (Lipinski definition) is 4. The molecular weight excluding hydrogens is 228 g/mol. The van der Waals surface area contributed by atoms with Gasteiger partial charge in [-0.2, -0.15) is 0 Å². The monoisotopic (exact) mass is 256 g/mol. The molecule has 0 aromatic heterocycles. The molecule has 0 aromatic carbocycles. The molecule has 0 radical (unpaired) electrons. The molecule has 2 aliphatic rings. The summed E-state index contributed by atoms with van der Waals surface area (Å²) in [4.78, 5) is 2.34. The summed E-state index contributed by atoms with van der Waals surface area (Å²) >= 11 is 0. The SMILES string of the molecule is CCOC1CC(NCC2CN(C)CCO2)C1(C)C. The number of morpholine rings is 1. The zero-order valence-corrected chi connectivity index (χ0v) is 12.2. The molecule has 1 aliphatic heterocycles. The van der Waals surface area contributed by atoms with E-state index in [4.69, 9.17) is 9.47 Å². The van der Waals surface area contributed by atoms with Crippen LogP contribution >= 0.6 is 0 Å². The van der Waals surface area contributed by atoms with E-state index in [-0.39, 0.29) is 5.41 Å². The summed E-state index contributed by atoms with van der Waals surface area (Å²) in [5.74, 6) is 0. The van der Waals surface area contributed by atoms with Crippen LogP contribution in [0.1, 0.15) is 27.2 Å². The highest BCUT2D eigenvalue weighted by molar-refractivity contribution is 5.03. The Morgan fingerprint density at radius 1 is 1.44 bits per heavy atom. The molecular formula is C14H28N2O2. The van der Waals surface area contributed by atoms with E-state index in [9.17, 15) is 0 Å². The minimum absolute atomic E-state index is 0.247. The van der Waals surface area contributed by atoms with Gasteiger partial charge in [0, 0.05) is 37.7 Å². The summed E-state index contributed by atoms with van der Waals surface area (Å²) in [6.45, 7) is 11.4. The molecule has 0 spiro atoms. The molecule has 1 aliphatic carbocycles. The van der Waals surface area contributed by atoms with Gasteiger partial charge in [0.1, 0.15) is 0 Å². The highest BCUT2D eigenvalue weighted by Crippen LogP contribution is 2.42. The normalized spacial score (nSPS) is 36.3. The largest absolute Gasteiger partial charge is 0.378 e. The van der Waals surface area contributed by atoms with E-state index in [1.807, 2.05) is 0 Å². The van der Waals surface area contributed by atoms with Crippen molar-refractivity contribution in [2.75, 3.05) is 39.9 Å². The van der Waals surface area contributed by atoms with Crippen LogP contribution in [0.5, 0.6) is 0 Å². The highest BCUT2D eigenvalue weighted by Gasteiger charge is 2.48. The summed E-state index contributed by atoms with van der Waals surface area (Å²) in [5, 5.41) is 3.66. The first-order valence-electron chi connectivity index (χ1n) is 7.19. The summed E-state index contributed by atoms with van der Waals surface area (Å²) in [6.07, 6.45) is 1.88. The van der Waals surface area contributed by atoms with E-state index in [0.717, 1.165) is 39.3 Å². The van der Waals surface area contributed by atoms with E-state index in [1.54, 1.807) is 0 Å². The summed E-state index contributed by atoms with van der Waals surface area (Å²) in [7, 11) is 2.16. The number of ether oxygens (including phenoxy) is 2. The second-order valence-electron chi connectivity index (χ2n) is 6.22. The van der Waals surface area contributed by atoms with Gasteiger partial charge < -0.3 is 19.7 Å². The van der Waals surface area contributed by atoms with Gasteiger partial charge in [0.05, 0.1) is 18.8 Å². The van der Waals surface area contributed by atoms with Crippen molar-refractivity contribution in [3.05, 3.63) is 0 Å². The average Bonchev–Trinajstić information content (AvgIpc) is 2.33. The third-order valence-corrected chi connectivity index (χ3v) is 4.48. The molecule has 1 saturated heterocycles. The first-order chi connectivity index (χ1) is 8.54. The molecule has 0 amide bonds. The first-order valence-corrected chi connectivity index (χ1v) is 7.19. The maximum Gasteiger partial charge on any atom is 0.0826 e. The fourth-order valence-electron chi connectivity index (χ4n) is 2.98. The van der Waals surface area contributed by atoms with Gasteiger partial charge in [0.2, 0.25) is 0 Å². The third kappa shape index (κ3) is 3.05. The standard InChI is InChI=1S/C14H28N2O2/c1-5-17-13-8-12(14(13,2)3)15-9-11-10-16(4)6-7-18-11/h11-13,15H,5-10H2,1-4H3. The Morgan fingerprint density at radius 2 is 2.22 bits per heavy atom. The molecule has 3 atom stereocenters. The molecule has 4 heteroatoms. The highest BCUT2D eigenvalue weighted by atomic mass is 16.5. The van der Waals surface area contributed by atoms with Crippen LogP contribution in [0.25, 0.3) is 0 Å². The molecule has 1 heterocycles. The molecule has 4 nitrogen and oxygen atoms in total. The van der Waals surface area contributed by atoms with Crippen molar-refractivity contribution in [3.8, 4) is 0 Å². The van der Waals surface area contributed by atoms with E-state index in [2.05, 4.69) is 38.0 Å². The second kappa shape index (κ2) is 5.87. The molecule has 18 heavy (non-hydrogen) atoms. The lowest BCUT2D eigenvalue weighted by atomic mass is 9.64. The molecule has 3 unspecified atom stereocenters. The molecule has 2 rings (SSSR count). The molecule has 1 N–H and O–H groups in total. The minimum atomic E-state index is 0.247. The van der Waals surface area contributed by atoms with Gasteiger partial charge in [-0.1, -0.05) is 13.8 Å². The van der Waals surface area contributed by atoms with Crippen LogP contribution in [-0.4, -0.2) is 63.0 Å². The molecule has 1 saturated carbocycles. The fraction of sp³-hybridized carbons (Fsp3) is 1.00. The van der Waals surface area contributed by atoms with Gasteiger partial charge in [-0.15, -0.1) is 0 Å². The van der Waals surface area contributed by atoms with Gasteiger partial charge in [-0.3, -0.25) is 0 Å². The zero-order chi connectivity index (χ0) is 13.2. The average molecular weight is 256 g/mol. The quantitative estimate of drug-likeness (QED) is 0.799. The van der Waals surface area contributed by atoms with Crippen LogP contribution in [0.2, 0.25) is 0 Å². The van der Waals surface area contributed by atoms with Gasteiger partial charge in [-0.05, 0) is 20.4 Å². The smallest absolute Gasteiger partial charge is 0.0826 e. The molecule has 106 valence electrons. The lowest BCUT2D eigenvalue weighted by Crippen LogP contribution is -2.62. The maximum atomic E-state index is 5.77. The second-order valence-corrected chi connectivity index (χ2v) is 6.22. The number of nitrogens with one attached hydrogen (secondary N) is 1. The Hall–Kier alpha value is -0.160. The zero-order valence-electron chi connectivity index (χ0n) is 12.2. The minimum Gasteiger partial charge on any atom is -0.378 e. The first kappa shape index (κ1) is 14.3. The summed E-state index contributed by atoms with van der Waals surface area (Å²) < 4.78 is 11.5. The third-order valence-electron chi connectivity index (χ3n) is 4.48. The van der Waals surface area contributed by atoms with Crippen molar-refractivity contribution in [1.82, 2.24) is 10.2 Å². The van der Waals surface area contributed by atoms with Crippen LogP contribution < -0.4 is 5.32 Å². The fourth-order valence-corrected chi connectivity index (χ4v) is 2.98. The number of likely N-dealkylation sites (N-methyl/N-ethyl adjacent to an activating group) is 1. The lowest BCUT2D eigenvalue weighted by molar-refractivity contribution is -0.117. The van der Waals surface area contributed by atoms with Crippen LogP contribution in [0, 0.1) is 5.41 Å². The van der Waals surface area contributed by atoms with E-state index in [1.165, 1.54) is 0 Å². The van der Waals surface area contributed by atoms with Crippen molar-refractivity contribution in [2.24, 2.45) is 5.41 Å². The molecule has 0 bridgehead atoms. The Kier molecular flexibility index (Phi) is 4.64.